The highest BCUT2D eigenvalue weighted by molar-refractivity contribution is 7.84. The fraction of sp³-hybridized carbons (Fsp3) is 0.583. The predicted octanol–water partition coefficient (Wildman–Crippen LogP) is 4.56. The van der Waals surface area contributed by atoms with Gasteiger partial charge in [-0.2, -0.15) is 13.2 Å². The van der Waals surface area contributed by atoms with E-state index in [0.29, 0.717) is 100 Å². The minimum absolute atomic E-state index is 0.0227. The molecule has 0 aliphatic carbocycles. The highest BCUT2D eigenvalue weighted by Crippen LogP contribution is 2.25. The van der Waals surface area contributed by atoms with Crippen LogP contribution in [0, 0.1) is 12.8 Å². The quantitative estimate of drug-likeness (QED) is 0.0897. The maximum absolute atomic E-state index is 12.5. The van der Waals surface area contributed by atoms with Crippen molar-refractivity contribution in [3.63, 3.8) is 0 Å². The summed E-state index contributed by atoms with van der Waals surface area (Å²) in [6.07, 6.45) is 0.290. The highest BCUT2D eigenvalue weighted by Gasteiger charge is 2.29. The van der Waals surface area contributed by atoms with Crippen molar-refractivity contribution in [1.82, 2.24) is 35.3 Å². The van der Waals surface area contributed by atoms with Crippen LogP contribution in [-0.2, 0) is 58.2 Å². The summed E-state index contributed by atoms with van der Waals surface area (Å²) in [5, 5.41) is 11.0. The summed E-state index contributed by atoms with van der Waals surface area (Å²) in [5.74, 6) is 0.715. The summed E-state index contributed by atoms with van der Waals surface area (Å²) in [7, 11) is 0.0924. The Balaban J connectivity index is 0.000000299. The smallest absolute Gasteiger partial charge is 0.422 e. The number of halogens is 3. The SMILES string of the molecule is CNC(=O)CCOCCOCCOCCOCCOCc1cn(CCC(C)C)nn1.Cc1c(OCC(F)(F)F)ccnc1C[S@@](=O)c1nc2ccccc2[nH]1. The Morgan fingerprint density at radius 2 is 1.58 bits per heavy atom. The van der Waals surface area contributed by atoms with Gasteiger partial charge in [-0.05, 0) is 37.5 Å². The number of aromatic amines is 1. The number of hydrogen-bond acceptors (Lipinski definition) is 12. The minimum Gasteiger partial charge on any atom is -0.484 e. The van der Waals surface area contributed by atoms with E-state index in [-0.39, 0.29) is 17.4 Å². The monoisotopic (exact) mass is 799 g/mol. The maximum atomic E-state index is 12.5. The molecule has 19 heteroatoms. The zero-order valence-electron chi connectivity index (χ0n) is 31.8. The molecule has 0 radical (unpaired) electrons. The van der Waals surface area contributed by atoms with Crippen molar-refractivity contribution >= 4 is 27.7 Å². The van der Waals surface area contributed by atoms with Crippen molar-refractivity contribution in [3.05, 3.63) is 59.7 Å². The lowest BCUT2D eigenvalue weighted by atomic mass is 10.1. The van der Waals surface area contributed by atoms with Gasteiger partial charge >= 0.3 is 6.18 Å². The van der Waals surface area contributed by atoms with Crippen LogP contribution in [0.2, 0.25) is 0 Å². The normalized spacial score (nSPS) is 12.1. The number of pyridine rings is 1. The number of imidazole rings is 1. The number of benzene rings is 1. The molecule has 0 aliphatic heterocycles. The number of carbonyl (C=O) groups is 1. The van der Waals surface area contributed by atoms with E-state index in [9.17, 15) is 22.2 Å². The molecule has 2 N–H and O–H groups in total. The summed E-state index contributed by atoms with van der Waals surface area (Å²) >= 11 is 0. The van der Waals surface area contributed by atoms with Gasteiger partial charge in [0.15, 0.2) is 11.8 Å². The van der Waals surface area contributed by atoms with Gasteiger partial charge in [0.2, 0.25) is 5.91 Å². The number of fused-ring (bicyclic) bond motifs is 1. The van der Waals surface area contributed by atoms with E-state index in [4.69, 9.17) is 28.4 Å². The third-order valence-corrected chi connectivity index (χ3v) is 8.67. The average molecular weight is 800 g/mol. The molecule has 0 aliphatic rings. The molecule has 4 aromatic rings. The van der Waals surface area contributed by atoms with Crippen LogP contribution >= 0.6 is 0 Å². The van der Waals surface area contributed by atoms with Crippen LogP contribution in [0.1, 0.15) is 43.6 Å². The number of carbonyl (C=O) groups excluding carboxylic acids is 1. The van der Waals surface area contributed by atoms with E-state index in [1.165, 1.54) is 12.3 Å². The maximum Gasteiger partial charge on any atom is 0.422 e. The Morgan fingerprint density at radius 3 is 2.20 bits per heavy atom. The summed E-state index contributed by atoms with van der Waals surface area (Å²) in [6, 6.07) is 8.62. The Morgan fingerprint density at radius 1 is 0.945 bits per heavy atom. The van der Waals surface area contributed by atoms with Gasteiger partial charge < -0.3 is 38.7 Å². The van der Waals surface area contributed by atoms with Gasteiger partial charge in [-0.3, -0.25) is 18.7 Å². The number of nitrogens with zero attached hydrogens (tertiary/aromatic N) is 5. The summed E-state index contributed by atoms with van der Waals surface area (Å²) in [5.41, 5.74) is 3.12. The number of amides is 1. The van der Waals surface area contributed by atoms with Crippen molar-refractivity contribution in [3.8, 4) is 5.75 Å². The summed E-state index contributed by atoms with van der Waals surface area (Å²) in [4.78, 5) is 22.3. The third kappa shape index (κ3) is 18.9. The lowest BCUT2D eigenvalue weighted by Gasteiger charge is -2.13. The lowest BCUT2D eigenvalue weighted by Crippen LogP contribution is -2.20. The molecular weight excluding hydrogens is 747 g/mol. The Hall–Kier alpha value is -4.01. The standard InChI is InChI=1S/C20H38N4O6.C16H14F3N3O2S/c1-18(2)4-6-24-16-19(22-23-24)17-30-15-14-29-13-12-28-11-10-27-9-8-26-7-5-20(25)21-3;1-10-13(20-7-6-14(10)24-9-16(17,18)19)8-25(23)15-21-11-4-2-3-5-12(11)22-15/h16,18H,4-15,17H2,1-3H3,(H,21,25);2-7H,8-9H2,1H3,(H,21,22)/t;25-/m.1/s1. The first-order valence-corrected chi connectivity index (χ1v) is 19.2. The summed E-state index contributed by atoms with van der Waals surface area (Å²) in [6.45, 7) is 10.3. The van der Waals surface area contributed by atoms with Gasteiger partial charge in [-0.1, -0.05) is 31.2 Å². The van der Waals surface area contributed by atoms with Crippen molar-refractivity contribution < 1.29 is 50.6 Å². The molecule has 0 saturated heterocycles. The number of hydrogen-bond donors (Lipinski definition) is 2. The molecule has 55 heavy (non-hydrogen) atoms. The zero-order valence-corrected chi connectivity index (χ0v) is 32.6. The van der Waals surface area contributed by atoms with Gasteiger partial charge in [0.05, 0.1) is 106 Å². The number of nitrogens with one attached hydrogen (secondary N) is 2. The molecule has 0 spiro atoms. The van der Waals surface area contributed by atoms with Gasteiger partial charge in [0, 0.05) is 31.8 Å². The number of para-hydroxylation sites is 2. The Labute approximate surface area is 321 Å². The van der Waals surface area contributed by atoms with Crippen LogP contribution in [-0.4, -0.2) is 119 Å². The Kier molecular flexibility index (Phi) is 20.8. The van der Waals surface area contributed by atoms with Crippen molar-refractivity contribution in [1.29, 1.82) is 0 Å². The molecule has 0 bridgehead atoms. The Bertz CT molecular complexity index is 1670. The molecule has 306 valence electrons. The van der Waals surface area contributed by atoms with Gasteiger partial charge in [-0.15, -0.1) is 5.10 Å². The third-order valence-electron chi connectivity index (χ3n) is 7.51. The predicted molar refractivity (Wildman–Crippen MR) is 198 cm³/mol. The molecule has 0 saturated carbocycles. The molecule has 0 unspecified atom stereocenters. The molecule has 1 atom stereocenters. The van der Waals surface area contributed by atoms with Crippen LogP contribution < -0.4 is 10.1 Å². The minimum atomic E-state index is -4.42. The highest BCUT2D eigenvalue weighted by atomic mass is 32.2. The van der Waals surface area contributed by atoms with Crippen molar-refractivity contribution in [2.45, 2.75) is 63.9 Å². The molecular formula is C36H52F3N7O8S. The second-order valence-corrected chi connectivity index (χ2v) is 13.8. The average Bonchev–Trinajstić information content (AvgIpc) is 3.81. The second-order valence-electron chi connectivity index (χ2n) is 12.4. The largest absolute Gasteiger partial charge is 0.484 e. The fourth-order valence-electron chi connectivity index (χ4n) is 4.50. The first kappa shape index (κ1) is 45.4. The van der Waals surface area contributed by atoms with Crippen LogP contribution in [0.5, 0.6) is 5.75 Å². The topological polar surface area (TPSA) is 174 Å². The van der Waals surface area contributed by atoms with Crippen LogP contribution in [0.3, 0.4) is 0 Å². The number of H-pyrrole nitrogens is 1. The second kappa shape index (κ2) is 25.2. The fourth-order valence-corrected chi connectivity index (χ4v) is 5.60. The van der Waals surface area contributed by atoms with Gasteiger partial charge in [-0.25, -0.2) is 4.98 Å². The summed E-state index contributed by atoms with van der Waals surface area (Å²) < 4.78 is 83.2. The molecule has 3 heterocycles. The number of ether oxygens (including phenoxy) is 6. The van der Waals surface area contributed by atoms with Gasteiger partial charge in [0.1, 0.15) is 11.4 Å². The van der Waals surface area contributed by atoms with Gasteiger partial charge in [0.25, 0.3) is 0 Å². The van der Waals surface area contributed by atoms with E-state index in [0.717, 1.165) is 24.2 Å². The van der Waals surface area contributed by atoms with E-state index >= 15 is 0 Å². The van der Waals surface area contributed by atoms with Crippen molar-refractivity contribution in [2.24, 2.45) is 5.92 Å². The molecule has 4 rings (SSSR count). The van der Waals surface area contributed by atoms with Crippen LogP contribution in [0.15, 0.2) is 47.9 Å². The zero-order chi connectivity index (χ0) is 39.9. The number of rotatable bonds is 25. The molecule has 3 aromatic heterocycles. The lowest BCUT2D eigenvalue weighted by molar-refractivity contribution is -0.153. The number of aryl methyl sites for hydroxylation is 1. The van der Waals surface area contributed by atoms with E-state index in [1.807, 2.05) is 29.1 Å². The first-order valence-electron chi connectivity index (χ1n) is 17.9. The first-order chi connectivity index (χ1) is 26.4. The van der Waals surface area contributed by atoms with Crippen molar-refractivity contribution in [2.75, 3.05) is 73.1 Å². The van der Waals surface area contributed by atoms with E-state index in [1.54, 1.807) is 20.0 Å². The number of aromatic nitrogens is 6. The number of alkyl halides is 3. The van der Waals surface area contributed by atoms with Crippen LogP contribution in [0.4, 0.5) is 13.2 Å². The van der Waals surface area contributed by atoms with E-state index < -0.39 is 23.6 Å². The molecule has 15 nitrogen and oxygen atoms in total. The molecule has 1 amide bonds. The molecule has 1 aromatic carbocycles. The van der Waals surface area contributed by atoms with E-state index in [2.05, 4.69) is 44.4 Å². The van der Waals surface area contributed by atoms with Crippen LogP contribution in [0.25, 0.3) is 11.0 Å². The molecule has 0 fully saturated rings.